The number of carboxylic acid groups (broad SMARTS) is 1. The Labute approximate surface area is 258 Å². The number of ketones is 1. The molecule has 0 radical (unpaired) electrons. The third-order valence-corrected chi connectivity index (χ3v) is 8.45. The largest absolute Gasteiger partial charge is 0.508 e. The van der Waals surface area contributed by atoms with Crippen molar-refractivity contribution < 1.29 is 53.1 Å². The summed E-state index contributed by atoms with van der Waals surface area (Å²) >= 11 is 0.912. The molecule has 1 N–H and O–H groups in total. The van der Waals surface area contributed by atoms with Crippen molar-refractivity contribution in [2.45, 2.75) is 44.3 Å². The van der Waals surface area contributed by atoms with E-state index >= 15 is 0 Å². The molecule has 16 nitrogen and oxygen atoms in total. The van der Waals surface area contributed by atoms with Gasteiger partial charge in [0.2, 0.25) is 5.91 Å². The lowest BCUT2D eigenvalue weighted by Crippen LogP contribution is -2.71. The van der Waals surface area contributed by atoms with E-state index in [4.69, 9.17) is 14.2 Å². The van der Waals surface area contributed by atoms with Crippen molar-refractivity contribution in [3.63, 3.8) is 0 Å². The van der Waals surface area contributed by atoms with Crippen LogP contribution in [-0.2, 0) is 46.4 Å². The minimum Gasteiger partial charge on any atom is -0.477 e. The second kappa shape index (κ2) is 13.1. The zero-order valence-corrected chi connectivity index (χ0v) is 24.5. The number of rotatable bonds is 13. The third-order valence-electron chi connectivity index (χ3n) is 6.96. The molecule has 1 saturated heterocycles. The Balaban J connectivity index is 1.56. The number of esters is 1. The number of ether oxygens (including phenoxy) is 3. The molecule has 2 aromatic rings. The number of hydrogen-bond acceptors (Lipinski definition) is 13. The average Bonchev–Trinajstić information content (AvgIpc) is 3.24. The van der Waals surface area contributed by atoms with Crippen molar-refractivity contribution in [1.29, 1.82) is 0 Å². The summed E-state index contributed by atoms with van der Waals surface area (Å²) < 4.78 is 15.6. The van der Waals surface area contributed by atoms with E-state index in [1.165, 1.54) is 62.4 Å². The quantitative estimate of drug-likeness (QED) is 0.108. The van der Waals surface area contributed by atoms with E-state index in [0.29, 0.717) is 11.1 Å². The number of β-lactam (4-membered cyclic amide) rings is 1. The molecule has 0 saturated carbocycles. The number of non-ortho nitro benzene ring substituents is 2. The van der Waals surface area contributed by atoms with Crippen LogP contribution < -0.4 is 0 Å². The number of thioether (sulfide) groups is 1. The van der Waals surface area contributed by atoms with E-state index < -0.39 is 75.2 Å². The SMILES string of the molecule is CC(=O)CC(=O)OCC1=C(C(=O)O)N2C(=O)[C@H]([C@@H](C)OC(=O)OCc3ccc([N+](=O)[O-])cc3)[C@@]2(Cc2ccc([N+](=O)[O-])cc2)S1. The summed E-state index contributed by atoms with van der Waals surface area (Å²) in [6.07, 6.45) is -2.91. The van der Waals surface area contributed by atoms with Crippen LogP contribution in [0, 0.1) is 26.1 Å². The van der Waals surface area contributed by atoms with E-state index in [0.717, 1.165) is 16.7 Å². The van der Waals surface area contributed by atoms with Gasteiger partial charge in [-0.2, -0.15) is 0 Å². The van der Waals surface area contributed by atoms with Crippen LogP contribution in [0.1, 0.15) is 31.4 Å². The molecule has 0 aromatic heterocycles. The number of Topliss-reactive ketones (excluding diaryl/α,β-unsaturated/α-hetero) is 1. The zero-order chi connectivity index (χ0) is 33.1. The number of carbonyl (C=O) groups is 5. The van der Waals surface area contributed by atoms with Crippen LogP contribution >= 0.6 is 11.8 Å². The highest BCUT2D eigenvalue weighted by Gasteiger charge is 2.69. The summed E-state index contributed by atoms with van der Waals surface area (Å²) in [5, 5.41) is 32.0. The summed E-state index contributed by atoms with van der Waals surface area (Å²) in [6, 6.07) is 10.6. The lowest BCUT2D eigenvalue weighted by molar-refractivity contribution is -0.385. The lowest BCUT2D eigenvalue weighted by Gasteiger charge is -2.54. The van der Waals surface area contributed by atoms with Crippen LogP contribution in [-0.4, -0.2) is 67.2 Å². The number of carbonyl (C=O) groups excluding carboxylic acids is 4. The molecule has 2 aliphatic heterocycles. The number of nitrogens with zero attached hydrogens (tertiary/aromatic N) is 3. The van der Waals surface area contributed by atoms with Crippen molar-refractivity contribution in [2.75, 3.05) is 6.61 Å². The number of aliphatic carboxylic acids is 1. The molecular weight excluding hydrogens is 618 g/mol. The maximum atomic E-state index is 13.5. The Morgan fingerprint density at radius 3 is 2.02 bits per heavy atom. The minimum atomic E-state index is -1.49. The Morgan fingerprint density at radius 2 is 1.51 bits per heavy atom. The normalized spacial score (nSPS) is 19.2. The Hall–Kier alpha value is -5.32. The molecule has 1 fully saturated rings. The first kappa shape index (κ1) is 32.6. The van der Waals surface area contributed by atoms with Crippen molar-refractivity contribution in [3.8, 4) is 0 Å². The maximum absolute atomic E-state index is 13.5. The molecule has 0 aliphatic carbocycles. The molecule has 0 bridgehead atoms. The molecule has 0 spiro atoms. The van der Waals surface area contributed by atoms with Crippen molar-refractivity contribution in [2.24, 2.45) is 5.92 Å². The highest BCUT2D eigenvalue weighted by molar-refractivity contribution is 8.04. The Morgan fingerprint density at radius 1 is 0.956 bits per heavy atom. The number of nitro benzene ring substituents is 2. The van der Waals surface area contributed by atoms with E-state index in [1.54, 1.807) is 0 Å². The van der Waals surface area contributed by atoms with Gasteiger partial charge in [0.1, 0.15) is 48.0 Å². The molecule has 0 unspecified atom stereocenters. The highest BCUT2D eigenvalue weighted by Crippen LogP contribution is 2.60. The van der Waals surface area contributed by atoms with Crippen molar-refractivity contribution in [3.05, 3.63) is 90.5 Å². The molecule has 236 valence electrons. The molecule has 1 amide bonds. The molecular formula is C28H25N3O13S. The predicted molar refractivity (Wildman–Crippen MR) is 152 cm³/mol. The van der Waals surface area contributed by atoms with E-state index in [-0.39, 0.29) is 29.3 Å². The first-order valence-electron chi connectivity index (χ1n) is 13.2. The van der Waals surface area contributed by atoms with Crippen molar-refractivity contribution in [1.82, 2.24) is 4.90 Å². The van der Waals surface area contributed by atoms with Gasteiger partial charge in [-0.05, 0) is 37.1 Å². The lowest BCUT2D eigenvalue weighted by atomic mass is 9.78. The number of hydrogen-bond donors (Lipinski definition) is 1. The molecule has 2 aliphatic rings. The average molecular weight is 644 g/mol. The topological polar surface area (TPSA) is 223 Å². The van der Waals surface area contributed by atoms with Gasteiger partial charge in [0.15, 0.2) is 0 Å². The molecule has 2 heterocycles. The second-order valence-electron chi connectivity index (χ2n) is 10.1. The van der Waals surface area contributed by atoms with Gasteiger partial charge in [-0.3, -0.25) is 39.5 Å². The number of nitro groups is 2. The van der Waals surface area contributed by atoms with Gasteiger partial charge in [-0.1, -0.05) is 23.9 Å². The fraction of sp³-hybridized carbons (Fsp3) is 0.321. The highest BCUT2D eigenvalue weighted by atomic mass is 32.2. The molecule has 4 rings (SSSR count). The number of amides is 1. The number of benzene rings is 2. The summed E-state index contributed by atoms with van der Waals surface area (Å²) in [7, 11) is 0. The van der Waals surface area contributed by atoms with Crippen LogP contribution in [0.3, 0.4) is 0 Å². The van der Waals surface area contributed by atoms with Gasteiger partial charge >= 0.3 is 18.1 Å². The van der Waals surface area contributed by atoms with Crippen molar-refractivity contribution >= 4 is 52.9 Å². The fourth-order valence-corrected chi connectivity index (χ4v) is 6.78. The van der Waals surface area contributed by atoms with E-state index in [9.17, 15) is 49.3 Å². The first-order valence-corrected chi connectivity index (χ1v) is 14.0. The Kier molecular flexibility index (Phi) is 9.51. The predicted octanol–water partition coefficient (Wildman–Crippen LogP) is 3.51. The van der Waals surface area contributed by atoms with Gasteiger partial charge < -0.3 is 19.3 Å². The first-order chi connectivity index (χ1) is 21.2. The standard InChI is InChI=1S/C28H25N3O13S/c1-15(32)11-22(33)42-14-21-24(26(35)36)29-25(34)23(28(29,45-21)12-17-3-7-19(8-4-17)30(38)39)16(2)44-27(37)43-13-18-5-9-20(10-6-18)31(40)41/h3-10,16,23H,11-14H2,1-2H3,(H,35,36)/t16-,23+,28-/m1/s1. The zero-order valence-electron chi connectivity index (χ0n) is 23.7. The molecule has 45 heavy (non-hydrogen) atoms. The van der Waals surface area contributed by atoms with Crippen LogP contribution in [0.5, 0.6) is 0 Å². The maximum Gasteiger partial charge on any atom is 0.508 e. The smallest absolute Gasteiger partial charge is 0.477 e. The van der Waals surface area contributed by atoms with Gasteiger partial charge in [-0.15, -0.1) is 0 Å². The molecule has 17 heteroatoms. The van der Waals surface area contributed by atoms with Crippen LogP contribution in [0.4, 0.5) is 16.2 Å². The summed E-state index contributed by atoms with van der Waals surface area (Å²) in [5.74, 6) is -4.69. The van der Waals surface area contributed by atoms with Crippen LogP contribution in [0.15, 0.2) is 59.1 Å². The summed E-state index contributed by atoms with van der Waals surface area (Å²) in [5.41, 5.74) is 0.118. The fourth-order valence-electron chi connectivity index (χ4n) is 5.03. The second-order valence-corrected chi connectivity index (χ2v) is 11.5. The Bertz CT molecular complexity index is 1610. The van der Waals surface area contributed by atoms with Gasteiger partial charge in [0.25, 0.3) is 11.4 Å². The molecule has 2 aromatic carbocycles. The summed E-state index contributed by atoms with van der Waals surface area (Å²) in [4.78, 5) is 82.2. The van der Waals surface area contributed by atoms with Gasteiger partial charge in [0.05, 0.1) is 14.8 Å². The van der Waals surface area contributed by atoms with Crippen LogP contribution in [0.25, 0.3) is 0 Å². The van der Waals surface area contributed by atoms with Gasteiger partial charge in [0, 0.05) is 30.7 Å². The third kappa shape index (κ3) is 6.93. The minimum absolute atomic E-state index is 0.00473. The van der Waals surface area contributed by atoms with Crippen LogP contribution in [0.2, 0.25) is 0 Å². The van der Waals surface area contributed by atoms with E-state index in [2.05, 4.69) is 0 Å². The van der Waals surface area contributed by atoms with Gasteiger partial charge in [-0.25, -0.2) is 9.59 Å². The van der Waals surface area contributed by atoms with E-state index in [1.807, 2.05) is 0 Å². The summed E-state index contributed by atoms with van der Waals surface area (Å²) in [6.45, 7) is 1.75. The monoisotopic (exact) mass is 643 g/mol. The number of fused-ring (bicyclic) bond motifs is 1. The number of carboxylic acids is 1. The molecule has 3 atom stereocenters.